The van der Waals surface area contributed by atoms with Crippen LogP contribution in [0.25, 0.3) is 0 Å². The van der Waals surface area contributed by atoms with E-state index in [1.54, 1.807) is 23.1 Å². The van der Waals surface area contributed by atoms with Gasteiger partial charge in [-0.05, 0) is 11.6 Å². The number of carbonyl (C=O) groups excluding carboxylic acids is 3. The number of nitrogens with one attached hydrogen (secondary N) is 1. The van der Waals surface area contributed by atoms with Crippen LogP contribution in [0.15, 0.2) is 35.1 Å². The van der Waals surface area contributed by atoms with E-state index in [-0.39, 0.29) is 80.0 Å². The topological polar surface area (TPSA) is 107 Å². The highest BCUT2D eigenvalue weighted by Crippen LogP contribution is 2.25. The lowest BCUT2D eigenvalue weighted by Crippen LogP contribution is -2.39. The maximum atomic E-state index is 13.9. The maximum absolute atomic E-state index is 13.9. The molecule has 1 saturated heterocycles. The lowest BCUT2D eigenvalue weighted by Gasteiger charge is -2.22. The molecule has 0 bridgehead atoms. The van der Waals surface area contributed by atoms with E-state index in [9.17, 15) is 23.6 Å². The Bertz CT molecular complexity index is 1180. The Balaban J connectivity index is 1.56. The van der Waals surface area contributed by atoms with E-state index < -0.39 is 11.9 Å². The Morgan fingerprint density at radius 2 is 1.97 bits per heavy atom. The van der Waals surface area contributed by atoms with Crippen molar-refractivity contribution in [3.63, 3.8) is 0 Å². The molecule has 1 aromatic heterocycles. The van der Waals surface area contributed by atoms with Crippen LogP contribution in [0, 0.1) is 11.7 Å². The molecule has 2 aromatic rings. The molecule has 0 radical (unpaired) electrons. The van der Waals surface area contributed by atoms with Gasteiger partial charge in [-0.15, -0.1) is 0 Å². The predicted octanol–water partition coefficient (Wildman–Crippen LogP) is 0.916. The number of pyridine rings is 1. The van der Waals surface area contributed by atoms with Gasteiger partial charge in [0, 0.05) is 57.2 Å². The standard InChI is InChI=1S/C24H26FN3O6/c1-33-24(32)22-18-6-8-27(23(31)16-12-20(29)26-14-16)9-10-28(18)21(30)13-19(22)34-11-7-15-4-2-3-5-17(15)25/h2-5,13,16H,6-12,14H2,1H3,(H,26,29)/t16-/m0/s1. The minimum atomic E-state index is -0.657. The average molecular weight is 471 g/mol. The van der Waals surface area contributed by atoms with Crippen LogP contribution in [0.2, 0.25) is 0 Å². The van der Waals surface area contributed by atoms with Crippen LogP contribution < -0.4 is 15.6 Å². The third kappa shape index (κ3) is 4.80. The van der Waals surface area contributed by atoms with Gasteiger partial charge in [0.15, 0.2) is 0 Å². The average Bonchev–Trinajstić information content (AvgIpc) is 3.14. The normalized spacial score (nSPS) is 17.5. The number of ether oxygens (including phenoxy) is 2. The Morgan fingerprint density at radius 3 is 2.68 bits per heavy atom. The molecule has 0 aliphatic carbocycles. The molecule has 2 aliphatic rings. The summed E-state index contributed by atoms with van der Waals surface area (Å²) in [5.74, 6) is -1.68. The molecule has 9 nitrogen and oxygen atoms in total. The Morgan fingerprint density at radius 1 is 1.18 bits per heavy atom. The molecule has 34 heavy (non-hydrogen) atoms. The van der Waals surface area contributed by atoms with Crippen LogP contribution >= 0.6 is 0 Å². The molecule has 4 rings (SSSR count). The van der Waals surface area contributed by atoms with Gasteiger partial charge in [-0.25, -0.2) is 9.18 Å². The smallest absolute Gasteiger partial charge is 0.343 e. The van der Waals surface area contributed by atoms with Crippen molar-refractivity contribution in [2.45, 2.75) is 25.8 Å². The Labute approximate surface area is 195 Å². The number of halogens is 1. The minimum absolute atomic E-state index is 0.0567. The monoisotopic (exact) mass is 471 g/mol. The molecule has 1 aromatic carbocycles. The van der Waals surface area contributed by atoms with Crippen molar-refractivity contribution in [1.82, 2.24) is 14.8 Å². The quantitative estimate of drug-likeness (QED) is 0.628. The first-order valence-corrected chi connectivity index (χ1v) is 11.2. The lowest BCUT2D eigenvalue weighted by atomic mass is 10.1. The molecule has 1 N–H and O–H groups in total. The summed E-state index contributed by atoms with van der Waals surface area (Å²) in [4.78, 5) is 51.6. The first-order chi connectivity index (χ1) is 16.4. The number of esters is 1. The van der Waals surface area contributed by atoms with Crippen molar-refractivity contribution in [1.29, 1.82) is 0 Å². The number of hydrogen-bond acceptors (Lipinski definition) is 6. The Kier molecular flexibility index (Phi) is 6.95. The third-order valence-corrected chi connectivity index (χ3v) is 6.21. The third-order valence-electron chi connectivity index (χ3n) is 6.21. The number of aromatic nitrogens is 1. The van der Waals surface area contributed by atoms with Crippen LogP contribution in [0.4, 0.5) is 4.39 Å². The summed E-state index contributed by atoms with van der Waals surface area (Å²) in [5.41, 5.74) is 0.650. The second kappa shape index (κ2) is 10.1. The molecule has 2 aliphatic heterocycles. The molecule has 0 saturated carbocycles. The minimum Gasteiger partial charge on any atom is -0.492 e. The number of nitrogens with zero attached hydrogens (tertiary/aromatic N) is 2. The number of carbonyl (C=O) groups is 3. The summed E-state index contributed by atoms with van der Waals surface area (Å²) >= 11 is 0. The zero-order chi connectivity index (χ0) is 24.2. The van der Waals surface area contributed by atoms with Gasteiger partial charge >= 0.3 is 5.97 Å². The summed E-state index contributed by atoms with van der Waals surface area (Å²) in [7, 11) is 1.24. The van der Waals surface area contributed by atoms with Crippen LogP contribution in [-0.2, 0) is 33.7 Å². The molecule has 180 valence electrons. The Hall–Kier alpha value is -3.69. The van der Waals surface area contributed by atoms with E-state index >= 15 is 0 Å². The molecule has 1 atom stereocenters. The van der Waals surface area contributed by atoms with Crippen LogP contribution in [0.3, 0.4) is 0 Å². The zero-order valence-electron chi connectivity index (χ0n) is 18.8. The second-order valence-electron chi connectivity index (χ2n) is 8.28. The van der Waals surface area contributed by atoms with Gasteiger partial charge in [-0.3, -0.25) is 14.4 Å². The fourth-order valence-electron chi connectivity index (χ4n) is 4.42. The van der Waals surface area contributed by atoms with Crippen molar-refractivity contribution in [2.75, 3.05) is 33.4 Å². The SMILES string of the molecule is COC(=O)c1c(OCCc2ccccc2F)cc(=O)n2c1CCN(C(=O)[C@@H]1CNC(=O)C1)CC2. The van der Waals surface area contributed by atoms with Gasteiger partial charge in [-0.2, -0.15) is 0 Å². The van der Waals surface area contributed by atoms with E-state index in [1.807, 2.05) is 0 Å². The lowest BCUT2D eigenvalue weighted by molar-refractivity contribution is -0.135. The predicted molar refractivity (Wildman–Crippen MR) is 119 cm³/mol. The van der Waals surface area contributed by atoms with Gasteiger partial charge in [0.1, 0.15) is 17.1 Å². The first kappa shape index (κ1) is 23.5. The highest BCUT2D eigenvalue weighted by atomic mass is 19.1. The molecule has 1 fully saturated rings. The van der Waals surface area contributed by atoms with Crippen LogP contribution in [-0.4, -0.2) is 60.6 Å². The van der Waals surface area contributed by atoms with Crippen molar-refractivity contribution < 1.29 is 28.2 Å². The highest BCUT2D eigenvalue weighted by Gasteiger charge is 2.33. The fraction of sp³-hybridized carbons (Fsp3) is 0.417. The summed E-state index contributed by atoms with van der Waals surface area (Å²) < 4.78 is 26.1. The molecule has 10 heteroatoms. The van der Waals surface area contributed by atoms with Crippen LogP contribution in [0.1, 0.15) is 28.0 Å². The number of rotatable bonds is 6. The van der Waals surface area contributed by atoms with Gasteiger partial charge in [0.25, 0.3) is 5.56 Å². The van der Waals surface area contributed by atoms with Crippen molar-refractivity contribution in [2.24, 2.45) is 5.92 Å². The number of methoxy groups -OCH3 is 1. The number of fused-ring (bicyclic) bond motifs is 1. The van der Waals surface area contributed by atoms with Crippen LogP contribution in [0.5, 0.6) is 5.75 Å². The van der Waals surface area contributed by atoms with Crippen molar-refractivity contribution >= 4 is 17.8 Å². The number of benzene rings is 1. The number of amides is 2. The van der Waals surface area contributed by atoms with E-state index in [1.165, 1.54) is 23.8 Å². The maximum Gasteiger partial charge on any atom is 0.343 e. The second-order valence-corrected chi connectivity index (χ2v) is 8.28. The molecular formula is C24H26FN3O6. The van der Waals surface area contributed by atoms with Gasteiger partial charge < -0.3 is 24.3 Å². The van der Waals surface area contributed by atoms with E-state index in [0.29, 0.717) is 17.8 Å². The van der Waals surface area contributed by atoms with E-state index in [0.717, 1.165) is 0 Å². The first-order valence-electron chi connectivity index (χ1n) is 11.2. The van der Waals surface area contributed by atoms with E-state index in [2.05, 4.69) is 5.32 Å². The summed E-state index contributed by atoms with van der Waals surface area (Å²) in [5, 5.41) is 2.66. The zero-order valence-corrected chi connectivity index (χ0v) is 18.8. The van der Waals surface area contributed by atoms with Crippen molar-refractivity contribution in [3.05, 3.63) is 63.3 Å². The molecule has 0 unspecified atom stereocenters. The number of hydrogen-bond donors (Lipinski definition) is 1. The molecule has 0 spiro atoms. The van der Waals surface area contributed by atoms with Crippen molar-refractivity contribution in [3.8, 4) is 5.75 Å². The summed E-state index contributed by atoms with van der Waals surface area (Å²) in [6, 6.07) is 7.54. The summed E-state index contributed by atoms with van der Waals surface area (Å²) in [6.07, 6.45) is 0.641. The van der Waals surface area contributed by atoms with E-state index in [4.69, 9.17) is 9.47 Å². The molecule has 2 amide bonds. The molecular weight excluding hydrogens is 445 g/mol. The van der Waals surface area contributed by atoms with Gasteiger partial charge in [-0.1, -0.05) is 18.2 Å². The summed E-state index contributed by atoms with van der Waals surface area (Å²) in [6.45, 7) is 1.12. The fourth-order valence-corrected chi connectivity index (χ4v) is 4.42. The highest BCUT2D eigenvalue weighted by molar-refractivity contribution is 5.94. The largest absolute Gasteiger partial charge is 0.492 e. The molecule has 3 heterocycles. The van der Waals surface area contributed by atoms with Gasteiger partial charge in [0.05, 0.1) is 19.6 Å². The van der Waals surface area contributed by atoms with Gasteiger partial charge in [0.2, 0.25) is 11.8 Å².